The minimum atomic E-state index is -0.826. The van der Waals surface area contributed by atoms with E-state index in [0.717, 1.165) is 15.9 Å². The van der Waals surface area contributed by atoms with Crippen molar-refractivity contribution in [2.75, 3.05) is 0 Å². The molecule has 0 unspecified atom stereocenters. The zero-order valence-electron chi connectivity index (χ0n) is 21.7. The van der Waals surface area contributed by atoms with Gasteiger partial charge in [0.05, 0.1) is 9.52 Å². The molecule has 1 aliphatic heterocycles. The van der Waals surface area contributed by atoms with Crippen molar-refractivity contribution in [3.05, 3.63) is 114 Å². The molecule has 0 spiro atoms. The minimum Gasteiger partial charge on any atom is -0.184 e. The van der Waals surface area contributed by atoms with Crippen molar-refractivity contribution < 1.29 is 20.8 Å². The second-order valence-corrected chi connectivity index (χ2v) is 14.4. The molecule has 0 saturated carbocycles. The zero-order valence-corrected chi connectivity index (χ0v) is 26.7. The summed E-state index contributed by atoms with van der Waals surface area (Å²) in [6, 6.07) is 36.2. The van der Waals surface area contributed by atoms with Crippen LogP contribution in [0.4, 0.5) is 0 Å². The zero-order chi connectivity index (χ0) is 26.4. The average molecular weight is 617 g/mol. The molecule has 5 aromatic carbocycles. The Morgan fingerprint density at radius 2 is 1.57 bits per heavy atom. The predicted octanol–water partition coefficient (Wildman–Crippen LogP) is 8.72. The first-order valence-corrected chi connectivity index (χ1v) is 19.9. The van der Waals surface area contributed by atoms with Crippen LogP contribution < -0.4 is 10.4 Å². The van der Waals surface area contributed by atoms with Gasteiger partial charge in [-0.15, -0.1) is 40.1 Å². The molecule has 0 fully saturated rings. The Hall–Kier alpha value is -1.83. The second-order valence-electron chi connectivity index (χ2n) is 9.42. The maximum Gasteiger partial charge on any atom is 0.0920 e. The molecule has 184 valence electrons. The Morgan fingerprint density at radius 3 is 2.30 bits per heavy atom. The third-order valence-electron chi connectivity index (χ3n) is 6.79. The smallest absolute Gasteiger partial charge is 0.0920 e. The molecule has 0 amide bonds. The summed E-state index contributed by atoms with van der Waals surface area (Å²) in [7, 11) is 10.7. The third kappa shape index (κ3) is 6.43. The molecular formula is C33H30Cl2SiZr. The topological polar surface area (TPSA) is 0 Å². The standard InChI is InChI=1S/C21H23.C12H7Si.2ClH.Zr/c1-5-16-8-6-7-9-19(16)21-15(4)10-11-17-12-18(14(2)3)13-20(17)21;1-3-7-11-9(5-1)10-6-2-4-8-12(10)13-11;;;/h6-14H,5H2,1-4H3;1-7H;2*1H;/q2*-1;;;+4/p-2. The fraction of sp³-hybridized carbons (Fsp3) is 0.182. The van der Waals surface area contributed by atoms with E-state index in [1.807, 2.05) is 6.07 Å². The van der Waals surface area contributed by atoms with E-state index in [-0.39, 0.29) is 0 Å². The molecule has 37 heavy (non-hydrogen) atoms. The molecule has 2 radical (unpaired) electrons. The van der Waals surface area contributed by atoms with E-state index in [1.54, 1.807) is 0 Å². The number of halogens is 2. The molecule has 0 aliphatic carbocycles. The largest absolute Gasteiger partial charge is 0.184 e. The van der Waals surface area contributed by atoms with E-state index in [9.17, 15) is 0 Å². The molecule has 5 aromatic rings. The van der Waals surface area contributed by atoms with Crippen LogP contribution in [0, 0.1) is 13.0 Å². The minimum absolute atomic E-state index is 0.576. The van der Waals surface area contributed by atoms with E-state index in [4.69, 9.17) is 17.0 Å². The third-order valence-corrected chi connectivity index (χ3v) is 8.16. The molecule has 1 heterocycles. The van der Waals surface area contributed by atoms with Gasteiger partial charge in [-0.25, -0.2) is 0 Å². The maximum absolute atomic E-state index is 4.93. The monoisotopic (exact) mass is 614 g/mol. The van der Waals surface area contributed by atoms with Crippen LogP contribution >= 0.6 is 17.0 Å². The van der Waals surface area contributed by atoms with E-state index in [2.05, 4.69) is 119 Å². The number of fused-ring (bicyclic) bond motifs is 4. The van der Waals surface area contributed by atoms with Crippen LogP contribution in [0.5, 0.6) is 0 Å². The van der Waals surface area contributed by atoms with Crippen LogP contribution in [-0.4, -0.2) is 9.52 Å². The molecule has 4 heteroatoms. The summed E-state index contributed by atoms with van der Waals surface area (Å²) in [5.41, 5.74) is 9.81. The van der Waals surface area contributed by atoms with Gasteiger partial charge in [-0.05, 0) is 30.4 Å². The van der Waals surface area contributed by atoms with Crippen molar-refractivity contribution >= 4 is 47.7 Å². The van der Waals surface area contributed by atoms with Crippen molar-refractivity contribution in [2.24, 2.45) is 0 Å². The van der Waals surface area contributed by atoms with Crippen molar-refractivity contribution in [3.8, 4) is 22.3 Å². The fourth-order valence-electron chi connectivity index (χ4n) is 4.90. The summed E-state index contributed by atoms with van der Waals surface area (Å²) in [5, 5.41) is 5.59. The Labute approximate surface area is 242 Å². The summed E-state index contributed by atoms with van der Waals surface area (Å²) < 4.78 is 0. The molecule has 0 bridgehead atoms. The summed E-state index contributed by atoms with van der Waals surface area (Å²) in [4.78, 5) is 0. The van der Waals surface area contributed by atoms with Gasteiger partial charge in [0.1, 0.15) is 0 Å². The van der Waals surface area contributed by atoms with Gasteiger partial charge in [0.2, 0.25) is 0 Å². The van der Waals surface area contributed by atoms with Crippen molar-refractivity contribution in [3.63, 3.8) is 0 Å². The molecule has 0 aromatic heterocycles. The maximum atomic E-state index is 4.93. The van der Waals surface area contributed by atoms with E-state index in [1.165, 1.54) is 60.1 Å². The van der Waals surface area contributed by atoms with Gasteiger partial charge in [-0.3, -0.25) is 0 Å². The summed E-state index contributed by atoms with van der Waals surface area (Å²) in [5.74, 6) is 0.576. The molecule has 6 rings (SSSR count). The number of hydrogen-bond acceptors (Lipinski definition) is 0. The molecular weight excluding hydrogens is 587 g/mol. The van der Waals surface area contributed by atoms with Crippen LogP contribution in [0.1, 0.15) is 43.4 Å². The Morgan fingerprint density at radius 1 is 0.892 bits per heavy atom. The molecule has 0 saturated heterocycles. The van der Waals surface area contributed by atoms with E-state index in [0.29, 0.717) is 5.92 Å². The van der Waals surface area contributed by atoms with Crippen molar-refractivity contribution in [2.45, 2.75) is 40.0 Å². The first kappa shape index (κ1) is 28.2. The fourth-order valence-corrected chi connectivity index (χ4v) is 6.21. The quantitative estimate of drug-likeness (QED) is 0.138. The summed E-state index contributed by atoms with van der Waals surface area (Å²) >= 11 is -0.826. The van der Waals surface area contributed by atoms with Crippen LogP contribution in [0.3, 0.4) is 0 Å². The predicted molar refractivity (Wildman–Crippen MR) is 161 cm³/mol. The number of hydrogen-bond donors (Lipinski definition) is 0. The first-order chi connectivity index (χ1) is 18.0. The van der Waals surface area contributed by atoms with Crippen LogP contribution in [0.25, 0.3) is 33.0 Å². The Balaban J connectivity index is 0.000000170. The van der Waals surface area contributed by atoms with Gasteiger partial charge in [0, 0.05) is 0 Å². The van der Waals surface area contributed by atoms with Crippen LogP contribution in [0.15, 0.2) is 91.0 Å². The second kappa shape index (κ2) is 13.3. The Kier molecular flexibility index (Phi) is 10.1. The van der Waals surface area contributed by atoms with Gasteiger partial charge in [0.25, 0.3) is 0 Å². The van der Waals surface area contributed by atoms with Crippen molar-refractivity contribution in [1.29, 1.82) is 0 Å². The first-order valence-electron chi connectivity index (χ1n) is 12.6. The van der Waals surface area contributed by atoms with Crippen molar-refractivity contribution in [1.82, 2.24) is 0 Å². The summed E-state index contributed by atoms with van der Waals surface area (Å²) in [6.45, 7) is 8.99. The molecule has 0 N–H and O–H groups in total. The van der Waals surface area contributed by atoms with Gasteiger partial charge in [0.15, 0.2) is 0 Å². The van der Waals surface area contributed by atoms with Crippen LogP contribution in [-0.2, 0) is 27.3 Å². The molecule has 1 aliphatic rings. The van der Waals surface area contributed by atoms with Gasteiger partial charge in [-0.2, -0.15) is 35.5 Å². The van der Waals surface area contributed by atoms with Gasteiger partial charge < -0.3 is 0 Å². The number of rotatable bonds is 3. The van der Waals surface area contributed by atoms with Gasteiger partial charge in [-0.1, -0.05) is 91.2 Å². The molecule has 0 nitrogen and oxygen atoms in total. The van der Waals surface area contributed by atoms with Gasteiger partial charge >= 0.3 is 37.9 Å². The summed E-state index contributed by atoms with van der Waals surface area (Å²) in [6.07, 6.45) is 1.07. The van der Waals surface area contributed by atoms with E-state index >= 15 is 0 Å². The van der Waals surface area contributed by atoms with E-state index < -0.39 is 20.8 Å². The average Bonchev–Trinajstić information content (AvgIpc) is 3.51. The Bertz CT molecular complexity index is 1440. The normalized spacial score (nSPS) is 11.1. The number of benzene rings is 4. The van der Waals surface area contributed by atoms with Crippen LogP contribution in [0.2, 0.25) is 0 Å². The molecule has 0 atom stereocenters. The SMILES string of the molecule is CCc1ccccc1-c1c(C)ccc2[cH-]c(C(C)C)cc12.[Cl][Zr+2][Cl].[c-]1cccc2c1[Si]c1ccccc1-2. The number of aryl methyl sites for hydroxylation is 2.